The Labute approximate surface area is 169 Å². The third kappa shape index (κ3) is 3.05. The molecule has 1 aliphatic heterocycles. The van der Waals surface area contributed by atoms with Crippen LogP contribution in [0.15, 0.2) is 48.0 Å². The van der Waals surface area contributed by atoms with Gasteiger partial charge in [-0.15, -0.1) is 0 Å². The lowest BCUT2D eigenvalue weighted by Crippen LogP contribution is -2.47. The van der Waals surface area contributed by atoms with Gasteiger partial charge in [-0.25, -0.2) is 0 Å². The molecule has 0 bridgehead atoms. The summed E-state index contributed by atoms with van der Waals surface area (Å²) in [6.07, 6.45) is 0. The average Bonchev–Trinajstić information content (AvgIpc) is 2.82. The van der Waals surface area contributed by atoms with Crippen LogP contribution in [0.25, 0.3) is 5.57 Å². The monoisotopic (exact) mass is 407 g/mol. The minimum absolute atomic E-state index is 0.00777. The topological polar surface area (TPSA) is 20.3 Å². The van der Waals surface area contributed by atoms with Gasteiger partial charge in [0.1, 0.15) is 0 Å². The van der Waals surface area contributed by atoms with E-state index in [1.165, 1.54) is 0 Å². The Kier molecular flexibility index (Phi) is 5.13. The minimum Gasteiger partial charge on any atom is -0.323 e. The molecule has 0 aliphatic carbocycles. The van der Waals surface area contributed by atoms with Crippen LogP contribution < -0.4 is 0 Å². The third-order valence-electron chi connectivity index (χ3n) is 5.20. The second kappa shape index (κ2) is 6.92. The largest absolute Gasteiger partial charge is 0.323 e. The molecule has 0 aromatic heterocycles. The molecule has 26 heavy (non-hydrogen) atoms. The Bertz CT molecular complexity index is 880. The summed E-state index contributed by atoms with van der Waals surface area (Å²) < 4.78 is 0. The van der Waals surface area contributed by atoms with Crippen LogP contribution in [0.4, 0.5) is 0 Å². The number of benzene rings is 2. The molecule has 136 valence electrons. The fourth-order valence-corrected chi connectivity index (χ4v) is 4.21. The predicted molar refractivity (Wildman–Crippen MR) is 110 cm³/mol. The van der Waals surface area contributed by atoms with Crippen molar-refractivity contribution in [2.75, 3.05) is 0 Å². The Morgan fingerprint density at radius 3 is 2.08 bits per heavy atom. The molecular formula is C21H20Cl3NO. The number of rotatable bonds is 3. The highest BCUT2D eigenvalue weighted by Crippen LogP contribution is 2.43. The van der Waals surface area contributed by atoms with Gasteiger partial charge in [0.25, 0.3) is 5.91 Å². The maximum atomic E-state index is 13.4. The number of nitrogens with zero attached hydrogens (tertiary/aromatic N) is 1. The Morgan fingerprint density at radius 2 is 1.54 bits per heavy atom. The van der Waals surface area contributed by atoms with E-state index in [4.69, 9.17) is 34.8 Å². The summed E-state index contributed by atoms with van der Waals surface area (Å²) in [4.78, 5) is 15.2. The van der Waals surface area contributed by atoms with Crippen LogP contribution in [0.5, 0.6) is 0 Å². The highest BCUT2D eigenvalue weighted by Gasteiger charge is 2.44. The molecule has 0 fully saturated rings. The van der Waals surface area contributed by atoms with Crippen molar-refractivity contribution >= 4 is 46.3 Å². The Hall–Kier alpha value is -1.48. The zero-order valence-corrected chi connectivity index (χ0v) is 17.4. The van der Waals surface area contributed by atoms with Crippen molar-refractivity contribution in [2.45, 2.75) is 39.3 Å². The quantitative estimate of drug-likeness (QED) is 0.525. The van der Waals surface area contributed by atoms with E-state index < -0.39 is 5.54 Å². The van der Waals surface area contributed by atoms with E-state index in [0.717, 1.165) is 22.3 Å². The highest BCUT2D eigenvalue weighted by molar-refractivity contribution is 6.48. The maximum Gasteiger partial charge on any atom is 0.255 e. The normalized spacial score (nSPS) is 18.0. The van der Waals surface area contributed by atoms with Crippen molar-refractivity contribution in [2.24, 2.45) is 0 Å². The van der Waals surface area contributed by atoms with Crippen molar-refractivity contribution < 1.29 is 4.79 Å². The zero-order chi connectivity index (χ0) is 19.2. The molecule has 1 aliphatic rings. The van der Waals surface area contributed by atoms with E-state index >= 15 is 0 Å². The number of amides is 1. The van der Waals surface area contributed by atoms with Gasteiger partial charge in [0.15, 0.2) is 0 Å². The van der Waals surface area contributed by atoms with Crippen LogP contribution in [0.1, 0.15) is 38.8 Å². The lowest BCUT2D eigenvalue weighted by Gasteiger charge is -2.40. The van der Waals surface area contributed by atoms with Gasteiger partial charge in [0, 0.05) is 5.57 Å². The Balaban J connectivity index is 2.06. The lowest BCUT2D eigenvalue weighted by molar-refractivity contribution is -0.130. The van der Waals surface area contributed by atoms with E-state index in [-0.39, 0.29) is 11.9 Å². The van der Waals surface area contributed by atoms with E-state index in [0.29, 0.717) is 15.1 Å². The SMILES string of the molecule is CC1=C(c2ccccc2)C(=O)N(C(C)(C)c2cc(Cl)c(Cl)c(Cl)c2)C1C. The van der Waals surface area contributed by atoms with Gasteiger partial charge in [-0.3, -0.25) is 4.79 Å². The number of carbonyl (C=O) groups excluding carboxylic acids is 1. The molecule has 5 heteroatoms. The van der Waals surface area contributed by atoms with E-state index in [1.54, 1.807) is 12.1 Å². The molecule has 0 radical (unpaired) electrons. The van der Waals surface area contributed by atoms with Crippen LogP contribution in [0, 0.1) is 0 Å². The molecule has 2 nitrogen and oxygen atoms in total. The average molecular weight is 409 g/mol. The van der Waals surface area contributed by atoms with Crippen molar-refractivity contribution in [3.8, 4) is 0 Å². The van der Waals surface area contributed by atoms with Crippen molar-refractivity contribution in [3.05, 3.63) is 74.2 Å². The van der Waals surface area contributed by atoms with Gasteiger partial charge < -0.3 is 4.90 Å². The van der Waals surface area contributed by atoms with E-state index in [2.05, 4.69) is 0 Å². The molecule has 1 heterocycles. The standard InChI is InChI=1S/C21H20Cl3NO/c1-12-13(2)25(20(26)18(12)14-8-6-5-7-9-14)21(3,4)15-10-16(22)19(24)17(23)11-15/h5-11,13H,1-4H3. The summed E-state index contributed by atoms with van der Waals surface area (Å²) in [6.45, 7) is 8.06. The molecule has 1 atom stereocenters. The third-order valence-corrected chi connectivity index (χ3v) is 6.39. The first kappa shape index (κ1) is 19.3. The van der Waals surface area contributed by atoms with Crippen LogP contribution >= 0.6 is 34.8 Å². The number of hydrogen-bond acceptors (Lipinski definition) is 1. The van der Waals surface area contributed by atoms with Gasteiger partial charge in [-0.05, 0) is 56.5 Å². The Morgan fingerprint density at radius 1 is 1.00 bits per heavy atom. The molecule has 1 amide bonds. The molecule has 3 rings (SSSR count). The van der Waals surface area contributed by atoms with Crippen molar-refractivity contribution in [1.82, 2.24) is 4.90 Å². The summed E-state index contributed by atoms with van der Waals surface area (Å²) in [5.41, 5.74) is 3.00. The summed E-state index contributed by atoms with van der Waals surface area (Å²) >= 11 is 18.5. The second-order valence-corrected chi connectivity index (χ2v) is 8.28. The summed E-state index contributed by atoms with van der Waals surface area (Å²) in [5.74, 6) is 0.00777. The first-order valence-corrected chi connectivity index (χ1v) is 9.54. The molecule has 0 N–H and O–H groups in total. The van der Waals surface area contributed by atoms with Gasteiger partial charge in [0.2, 0.25) is 0 Å². The fraction of sp³-hybridized carbons (Fsp3) is 0.286. The summed E-state index contributed by atoms with van der Waals surface area (Å²) in [5, 5.41) is 1.09. The van der Waals surface area contributed by atoms with Gasteiger partial charge in [-0.1, -0.05) is 65.1 Å². The molecule has 0 saturated heterocycles. The molecule has 0 spiro atoms. The van der Waals surface area contributed by atoms with Crippen molar-refractivity contribution in [3.63, 3.8) is 0 Å². The number of halogens is 3. The molecule has 1 unspecified atom stereocenters. The van der Waals surface area contributed by atoms with Crippen molar-refractivity contribution in [1.29, 1.82) is 0 Å². The number of carbonyl (C=O) groups is 1. The van der Waals surface area contributed by atoms with E-state index in [9.17, 15) is 4.79 Å². The predicted octanol–water partition coefficient (Wildman–Crippen LogP) is 6.59. The zero-order valence-electron chi connectivity index (χ0n) is 15.1. The molecule has 2 aromatic carbocycles. The second-order valence-electron chi connectivity index (χ2n) is 7.09. The first-order chi connectivity index (χ1) is 12.2. The summed E-state index contributed by atoms with van der Waals surface area (Å²) in [7, 11) is 0. The van der Waals surface area contributed by atoms with Crippen LogP contribution in [0.2, 0.25) is 15.1 Å². The minimum atomic E-state index is -0.605. The van der Waals surface area contributed by atoms with Gasteiger partial charge in [0.05, 0.1) is 26.6 Å². The maximum absolute atomic E-state index is 13.4. The number of hydrogen-bond donors (Lipinski definition) is 0. The first-order valence-electron chi connectivity index (χ1n) is 8.41. The smallest absolute Gasteiger partial charge is 0.255 e. The summed E-state index contributed by atoms with van der Waals surface area (Å²) in [6, 6.07) is 13.3. The highest BCUT2D eigenvalue weighted by atomic mass is 35.5. The molecule has 0 saturated carbocycles. The van der Waals surface area contributed by atoms with Gasteiger partial charge in [-0.2, -0.15) is 0 Å². The van der Waals surface area contributed by atoms with Gasteiger partial charge >= 0.3 is 0 Å². The molecule has 2 aromatic rings. The van der Waals surface area contributed by atoms with Crippen LogP contribution in [-0.2, 0) is 10.3 Å². The van der Waals surface area contributed by atoms with E-state index in [1.807, 2.05) is 62.9 Å². The fourth-order valence-electron chi connectivity index (χ4n) is 3.61. The molecular weight excluding hydrogens is 389 g/mol. The lowest BCUT2D eigenvalue weighted by atomic mass is 9.91. The van der Waals surface area contributed by atoms with Crippen LogP contribution in [0.3, 0.4) is 0 Å². The van der Waals surface area contributed by atoms with Crippen LogP contribution in [-0.4, -0.2) is 16.8 Å².